The van der Waals surface area contributed by atoms with Crippen LogP contribution in [0.3, 0.4) is 0 Å². The zero-order valence-electron chi connectivity index (χ0n) is 14.4. The van der Waals surface area contributed by atoms with E-state index >= 15 is 0 Å². The standard InChI is InChI=1S/C20H16Cl2N2O2S/c1-2-26-15-7-3-13(4-8-15)5-10-19(25)24-20-23-18(12-27-20)16-9-6-14(21)11-17(16)22/h3-12H,2H2,1H3,(H,23,24,25). The van der Waals surface area contributed by atoms with Crippen LogP contribution in [0.25, 0.3) is 17.3 Å². The lowest BCUT2D eigenvalue weighted by molar-refractivity contribution is -0.111. The Kier molecular flexibility index (Phi) is 6.50. The van der Waals surface area contributed by atoms with Crippen LogP contribution >= 0.6 is 34.5 Å². The summed E-state index contributed by atoms with van der Waals surface area (Å²) in [6, 6.07) is 12.7. The number of nitrogens with one attached hydrogen (secondary N) is 1. The molecule has 138 valence electrons. The Labute approximate surface area is 171 Å². The molecule has 0 spiro atoms. The number of hydrogen-bond donors (Lipinski definition) is 1. The van der Waals surface area contributed by atoms with E-state index in [1.54, 1.807) is 24.3 Å². The number of benzene rings is 2. The Hall–Kier alpha value is -2.34. The van der Waals surface area contributed by atoms with Gasteiger partial charge in [0, 0.05) is 22.0 Å². The van der Waals surface area contributed by atoms with Crippen molar-refractivity contribution < 1.29 is 9.53 Å². The van der Waals surface area contributed by atoms with E-state index in [4.69, 9.17) is 27.9 Å². The van der Waals surface area contributed by atoms with Crippen LogP contribution in [0.2, 0.25) is 10.0 Å². The zero-order valence-corrected chi connectivity index (χ0v) is 16.7. The number of carbonyl (C=O) groups excluding carboxylic acids is 1. The molecule has 0 aliphatic rings. The lowest BCUT2D eigenvalue weighted by atomic mass is 10.2. The third-order valence-corrected chi connectivity index (χ3v) is 4.87. The first-order valence-electron chi connectivity index (χ1n) is 8.18. The molecule has 2 aromatic carbocycles. The number of thiazole rings is 1. The fourth-order valence-electron chi connectivity index (χ4n) is 2.31. The van der Waals surface area contributed by atoms with Gasteiger partial charge in [-0.1, -0.05) is 35.3 Å². The third-order valence-electron chi connectivity index (χ3n) is 3.56. The smallest absolute Gasteiger partial charge is 0.250 e. The van der Waals surface area contributed by atoms with Gasteiger partial charge in [-0.05, 0) is 48.9 Å². The van der Waals surface area contributed by atoms with Crippen LogP contribution in [0.1, 0.15) is 12.5 Å². The maximum atomic E-state index is 12.1. The highest BCUT2D eigenvalue weighted by molar-refractivity contribution is 7.14. The highest BCUT2D eigenvalue weighted by atomic mass is 35.5. The van der Waals surface area contributed by atoms with Gasteiger partial charge in [0.15, 0.2) is 5.13 Å². The van der Waals surface area contributed by atoms with E-state index in [0.717, 1.165) is 16.9 Å². The fraction of sp³-hybridized carbons (Fsp3) is 0.100. The Morgan fingerprint density at radius 3 is 2.70 bits per heavy atom. The third kappa shape index (κ3) is 5.32. The number of nitrogens with zero attached hydrogens (tertiary/aromatic N) is 1. The Morgan fingerprint density at radius 2 is 2.00 bits per heavy atom. The van der Waals surface area contributed by atoms with Gasteiger partial charge in [-0.15, -0.1) is 11.3 Å². The van der Waals surface area contributed by atoms with Crippen LogP contribution < -0.4 is 10.1 Å². The SMILES string of the molecule is CCOc1ccc(C=CC(=O)Nc2nc(-c3ccc(Cl)cc3Cl)cs2)cc1. The molecule has 0 atom stereocenters. The molecule has 3 aromatic rings. The molecule has 4 nitrogen and oxygen atoms in total. The number of rotatable bonds is 6. The molecule has 7 heteroatoms. The molecule has 0 saturated heterocycles. The van der Waals surface area contributed by atoms with E-state index in [1.165, 1.54) is 17.4 Å². The Balaban J connectivity index is 1.63. The van der Waals surface area contributed by atoms with Crippen molar-refractivity contribution in [3.05, 3.63) is 69.5 Å². The van der Waals surface area contributed by atoms with Gasteiger partial charge in [0.1, 0.15) is 5.75 Å². The van der Waals surface area contributed by atoms with Crippen LogP contribution in [0.4, 0.5) is 5.13 Å². The van der Waals surface area contributed by atoms with E-state index in [9.17, 15) is 4.79 Å². The minimum Gasteiger partial charge on any atom is -0.494 e. The van der Waals surface area contributed by atoms with Crippen molar-refractivity contribution in [1.82, 2.24) is 4.98 Å². The molecule has 0 radical (unpaired) electrons. The second-order valence-electron chi connectivity index (χ2n) is 5.49. The van der Waals surface area contributed by atoms with Crippen molar-refractivity contribution >= 4 is 51.7 Å². The lowest BCUT2D eigenvalue weighted by Crippen LogP contribution is -2.07. The van der Waals surface area contributed by atoms with Gasteiger partial charge < -0.3 is 4.74 Å². The summed E-state index contributed by atoms with van der Waals surface area (Å²) in [6.07, 6.45) is 3.20. The fourth-order valence-corrected chi connectivity index (χ4v) is 3.53. The molecule has 0 saturated carbocycles. The molecule has 0 aliphatic carbocycles. The minimum atomic E-state index is -0.257. The Bertz CT molecular complexity index is 968. The van der Waals surface area contributed by atoms with E-state index in [-0.39, 0.29) is 5.91 Å². The maximum Gasteiger partial charge on any atom is 0.250 e. The summed E-state index contributed by atoms with van der Waals surface area (Å²) in [7, 11) is 0. The van der Waals surface area contributed by atoms with Crippen LogP contribution in [0.5, 0.6) is 5.75 Å². The summed E-state index contributed by atoms with van der Waals surface area (Å²) in [6.45, 7) is 2.55. The van der Waals surface area contributed by atoms with Crippen LogP contribution in [0, 0.1) is 0 Å². The molecule has 0 unspecified atom stereocenters. The van der Waals surface area contributed by atoms with Gasteiger partial charge in [0.25, 0.3) is 0 Å². The van der Waals surface area contributed by atoms with E-state index in [2.05, 4.69) is 10.3 Å². The zero-order chi connectivity index (χ0) is 19.2. The van der Waals surface area contributed by atoms with Crippen molar-refractivity contribution in [2.45, 2.75) is 6.92 Å². The van der Waals surface area contributed by atoms with E-state index in [0.29, 0.717) is 27.5 Å². The minimum absolute atomic E-state index is 0.257. The van der Waals surface area contributed by atoms with Gasteiger partial charge in [-0.25, -0.2) is 4.98 Å². The number of ether oxygens (including phenoxy) is 1. The number of hydrogen-bond acceptors (Lipinski definition) is 4. The van der Waals surface area contributed by atoms with Crippen LogP contribution in [-0.4, -0.2) is 17.5 Å². The van der Waals surface area contributed by atoms with Crippen LogP contribution in [-0.2, 0) is 4.79 Å². The van der Waals surface area contributed by atoms with E-state index < -0.39 is 0 Å². The van der Waals surface area contributed by atoms with Crippen molar-refractivity contribution in [2.24, 2.45) is 0 Å². The predicted octanol–water partition coefficient (Wildman–Crippen LogP) is 6.17. The van der Waals surface area contributed by atoms with Crippen LogP contribution in [0.15, 0.2) is 53.9 Å². The summed E-state index contributed by atoms with van der Waals surface area (Å²) in [4.78, 5) is 16.5. The van der Waals surface area contributed by atoms with E-state index in [1.807, 2.05) is 36.6 Å². The summed E-state index contributed by atoms with van der Waals surface area (Å²) < 4.78 is 5.39. The van der Waals surface area contributed by atoms with Gasteiger partial charge in [0.05, 0.1) is 17.3 Å². The molecule has 0 bridgehead atoms. The maximum absolute atomic E-state index is 12.1. The van der Waals surface area contributed by atoms with Crippen molar-refractivity contribution in [2.75, 3.05) is 11.9 Å². The first kappa shape index (κ1) is 19.4. The van der Waals surface area contributed by atoms with Crippen molar-refractivity contribution in [3.8, 4) is 17.0 Å². The average molecular weight is 419 g/mol. The monoisotopic (exact) mass is 418 g/mol. The highest BCUT2D eigenvalue weighted by Gasteiger charge is 2.10. The number of aromatic nitrogens is 1. The van der Waals surface area contributed by atoms with Gasteiger partial charge in [0.2, 0.25) is 5.91 Å². The lowest BCUT2D eigenvalue weighted by Gasteiger charge is -2.02. The number of halogens is 2. The first-order chi connectivity index (χ1) is 13.0. The quantitative estimate of drug-likeness (QED) is 0.487. The molecule has 1 heterocycles. The summed E-state index contributed by atoms with van der Waals surface area (Å²) in [5.41, 5.74) is 2.36. The number of anilines is 1. The molecule has 0 fully saturated rings. The number of carbonyl (C=O) groups is 1. The molecule has 3 rings (SSSR count). The topological polar surface area (TPSA) is 51.2 Å². The van der Waals surface area contributed by atoms with Gasteiger partial charge >= 0.3 is 0 Å². The molecule has 0 aliphatic heterocycles. The first-order valence-corrected chi connectivity index (χ1v) is 9.81. The second-order valence-corrected chi connectivity index (χ2v) is 7.19. The summed E-state index contributed by atoms with van der Waals surface area (Å²) >= 11 is 13.4. The van der Waals surface area contributed by atoms with Crippen molar-refractivity contribution in [1.29, 1.82) is 0 Å². The normalized spacial score (nSPS) is 10.9. The second kappa shape index (κ2) is 9.04. The molecule has 1 amide bonds. The van der Waals surface area contributed by atoms with Crippen molar-refractivity contribution in [3.63, 3.8) is 0 Å². The molecular formula is C20H16Cl2N2O2S. The highest BCUT2D eigenvalue weighted by Crippen LogP contribution is 2.32. The molecule has 1 aromatic heterocycles. The molecule has 27 heavy (non-hydrogen) atoms. The van der Waals surface area contributed by atoms with Gasteiger partial charge in [-0.3, -0.25) is 10.1 Å². The summed E-state index contributed by atoms with van der Waals surface area (Å²) in [5.74, 6) is 0.544. The Morgan fingerprint density at radius 1 is 1.22 bits per heavy atom. The number of amides is 1. The largest absolute Gasteiger partial charge is 0.494 e. The molecular weight excluding hydrogens is 403 g/mol. The molecule has 1 N–H and O–H groups in total. The predicted molar refractivity (Wildman–Crippen MR) is 113 cm³/mol. The van der Waals surface area contributed by atoms with Gasteiger partial charge in [-0.2, -0.15) is 0 Å². The summed E-state index contributed by atoms with van der Waals surface area (Å²) in [5, 5.41) is 6.16. The average Bonchev–Trinajstić information content (AvgIpc) is 3.09.